The topological polar surface area (TPSA) is 67.3 Å². The molecule has 0 unspecified atom stereocenters. The van der Waals surface area contributed by atoms with Crippen LogP contribution in [0.5, 0.6) is 5.75 Å². The van der Waals surface area contributed by atoms with E-state index in [1.165, 1.54) is 24.1 Å². The quantitative estimate of drug-likeness (QED) is 0.780. The highest BCUT2D eigenvalue weighted by atomic mass is 79.9. The molecule has 0 radical (unpaired) electrons. The minimum atomic E-state index is -0.0715. The summed E-state index contributed by atoms with van der Waals surface area (Å²) in [5.41, 5.74) is 3.12. The number of hydrogen-bond acceptors (Lipinski definition) is 5. The van der Waals surface area contributed by atoms with E-state index in [2.05, 4.69) is 42.4 Å². The number of carbonyl (C=O) groups is 1. The van der Waals surface area contributed by atoms with Crippen molar-refractivity contribution in [1.82, 2.24) is 15.5 Å². The van der Waals surface area contributed by atoms with Crippen LogP contribution in [-0.4, -0.2) is 42.3 Å². The summed E-state index contributed by atoms with van der Waals surface area (Å²) in [6.07, 6.45) is 6.41. The van der Waals surface area contributed by atoms with E-state index < -0.39 is 0 Å². The number of nitrogens with zero attached hydrogens (tertiary/aromatic N) is 3. The van der Waals surface area contributed by atoms with E-state index in [1.807, 2.05) is 12.1 Å². The van der Waals surface area contributed by atoms with E-state index >= 15 is 0 Å². The van der Waals surface area contributed by atoms with Gasteiger partial charge in [0.1, 0.15) is 5.75 Å². The van der Waals surface area contributed by atoms with E-state index in [0.29, 0.717) is 11.3 Å². The highest BCUT2D eigenvalue weighted by Gasteiger charge is 2.24. The van der Waals surface area contributed by atoms with Crippen LogP contribution in [0.1, 0.15) is 47.3 Å². The Hall–Kier alpha value is -2.15. The fourth-order valence-corrected chi connectivity index (χ4v) is 4.38. The molecule has 2 aliphatic rings. The predicted molar refractivity (Wildman–Crippen MR) is 112 cm³/mol. The molecule has 0 spiro atoms. The second-order valence-electron chi connectivity index (χ2n) is 7.46. The first-order chi connectivity index (χ1) is 13.6. The standard InChI is InChI=1S/C21H25BrN4O2/c1-28-16-6-7-18(22)17(13-16)21(27)23-15-8-10-26(11-9-15)20-12-14-4-2-3-5-19(14)24-25-20/h6-7,12-13,15H,2-5,8-11H2,1H3,(H,23,27). The molecule has 1 amide bonds. The number of nitrogens with one attached hydrogen (secondary N) is 1. The molecule has 1 N–H and O–H groups in total. The number of ether oxygens (including phenoxy) is 1. The summed E-state index contributed by atoms with van der Waals surface area (Å²) in [6, 6.07) is 7.81. The Morgan fingerprint density at radius 2 is 1.96 bits per heavy atom. The zero-order chi connectivity index (χ0) is 19.5. The number of fused-ring (bicyclic) bond motifs is 1. The lowest BCUT2D eigenvalue weighted by Gasteiger charge is -2.33. The number of piperidine rings is 1. The van der Waals surface area contributed by atoms with Crippen molar-refractivity contribution in [3.63, 3.8) is 0 Å². The Balaban J connectivity index is 1.36. The average Bonchev–Trinajstić information content (AvgIpc) is 2.74. The van der Waals surface area contributed by atoms with Crippen molar-refractivity contribution in [3.8, 4) is 5.75 Å². The van der Waals surface area contributed by atoms with Crippen LogP contribution in [0.4, 0.5) is 5.82 Å². The second-order valence-corrected chi connectivity index (χ2v) is 8.32. The van der Waals surface area contributed by atoms with Gasteiger partial charge < -0.3 is 15.0 Å². The van der Waals surface area contributed by atoms with Crippen molar-refractivity contribution in [2.75, 3.05) is 25.1 Å². The molecule has 6 nitrogen and oxygen atoms in total. The number of amides is 1. The van der Waals surface area contributed by atoms with E-state index in [4.69, 9.17) is 4.74 Å². The van der Waals surface area contributed by atoms with Crippen LogP contribution >= 0.6 is 15.9 Å². The average molecular weight is 445 g/mol. The van der Waals surface area contributed by atoms with Gasteiger partial charge in [-0.05, 0) is 84.3 Å². The molecule has 2 heterocycles. The van der Waals surface area contributed by atoms with Gasteiger partial charge in [0.15, 0.2) is 5.82 Å². The Morgan fingerprint density at radius 3 is 2.75 bits per heavy atom. The highest BCUT2D eigenvalue weighted by Crippen LogP contribution is 2.25. The third kappa shape index (κ3) is 4.14. The maximum atomic E-state index is 12.7. The Labute approximate surface area is 173 Å². The number of hydrogen-bond donors (Lipinski definition) is 1. The lowest BCUT2D eigenvalue weighted by Crippen LogP contribution is -2.45. The van der Waals surface area contributed by atoms with Crippen LogP contribution in [0.3, 0.4) is 0 Å². The van der Waals surface area contributed by atoms with Crippen LogP contribution in [0.15, 0.2) is 28.7 Å². The van der Waals surface area contributed by atoms with Crippen LogP contribution in [0.2, 0.25) is 0 Å². The number of carbonyl (C=O) groups excluding carboxylic acids is 1. The van der Waals surface area contributed by atoms with Gasteiger partial charge in [0.05, 0.1) is 18.4 Å². The lowest BCUT2D eigenvalue weighted by atomic mass is 9.96. The van der Waals surface area contributed by atoms with Gasteiger partial charge in [-0.1, -0.05) is 0 Å². The molecule has 4 rings (SSSR count). The number of halogens is 1. The first-order valence-corrected chi connectivity index (χ1v) is 10.7. The van der Waals surface area contributed by atoms with Gasteiger partial charge in [-0.3, -0.25) is 4.79 Å². The van der Waals surface area contributed by atoms with Gasteiger partial charge in [0.2, 0.25) is 0 Å². The van der Waals surface area contributed by atoms with Gasteiger partial charge in [-0.15, -0.1) is 5.10 Å². The van der Waals surface area contributed by atoms with Gasteiger partial charge in [0, 0.05) is 23.6 Å². The van der Waals surface area contributed by atoms with Crippen LogP contribution < -0.4 is 15.0 Å². The van der Waals surface area contributed by atoms with Gasteiger partial charge in [-0.2, -0.15) is 5.10 Å². The van der Waals surface area contributed by atoms with E-state index in [0.717, 1.165) is 49.1 Å². The number of anilines is 1. The Kier molecular flexibility index (Phi) is 5.80. The van der Waals surface area contributed by atoms with Crippen molar-refractivity contribution < 1.29 is 9.53 Å². The maximum Gasteiger partial charge on any atom is 0.252 e. The smallest absolute Gasteiger partial charge is 0.252 e. The minimum Gasteiger partial charge on any atom is -0.497 e. The third-order valence-electron chi connectivity index (χ3n) is 5.63. The zero-order valence-corrected chi connectivity index (χ0v) is 17.7. The van der Waals surface area contributed by atoms with Crippen LogP contribution in [-0.2, 0) is 12.8 Å². The number of rotatable bonds is 4. The number of benzene rings is 1. The molecule has 0 bridgehead atoms. The molecule has 1 aliphatic heterocycles. The summed E-state index contributed by atoms with van der Waals surface area (Å²) in [4.78, 5) is 15.0. The Bertz CT molecular complexity index is 865. The minimum absolute atomic E-state index is 0.0715. The molecule has 1 aromatic carbocycles. The number of methoxy groups -OCH3 is 1. The maximum absolute atomic E-state index is 12.7. The molecule has 1 fully saturated rings. The summed E-state index contributed by atoms with van der Waals surface area (Å²) in [5, 5.41) is 12.1. The third-order valence-corrected chi connectivity index (χ3v) is 6.32. The molecule has 0 saturated carbocycles. The summed E-state index contributed by atoms with van der Waals surface area (Å²) in [5.74, 6) is 1.58. The van der Waals surface area contributed by atoms with Crippen molar-refractivity contribution in [2.45, 2.75) is 44.6 Å². The molecule has 148 valence electrons. The largest absolute Gasteiger partial charge is 0.497 e. The fraction of sp³-hybridized carbons (Fsp3) is 0.476. The summed E-state index contributed by atoms with van der Waals surface area (Å²) in [6.45, 7) is 1.75. The molecule has 1 aromatic heterocycles. The van der Waals surface area contributed by atoms with Crippen LogP contribution in [0.25, 0.3) is 0 Å². The molecule has 2 aromatic rings. The van der Waals surface area contributed by atoms with Crippen molar-refractivity contribution in [3.05, 3.63) is 45.6 Å². The number of aryl methyl sites for hydroxylation is 2. The van der Waals surface area contributed by atoms with Crippen LogP contribution in [0, 0.1) is 0 Å². The molecular formula is C21H25BrN4O2. The molecule has 1 aliphatic carbocycles. The summed E-state index contributed by atoms with van der Waals surface area (Å²) < 4.78 is 6.00. The molecular weight excluding hydrogens is 420 g/mol. The zero-order valence-electron chi connectivity index (χ0n) is 16.1. The van der Waals surface area contributed by atoms with Crippen molar-refractivity contribution in [2.24, 2.45) is 0 Å². The number of aromatic nitrogens is 2. The molecule has 0 atom stereocenters. The first kappa shape index (κ1) is 19.2. The molecule has 28 heavy (non-hydrogen) atoms. The first-order valence-electron chi connectivity index (χ1n) is 9.89. The molecule has 7 heteroatoms. The summed E-state index contributed by atoms with van der Waals surface area (Å²) >= 11 is 3.46. The van der Waals surface area contributed by atoms with Gasteiger partial charge >= 0.3 is 0 Å². The highest BCUT2D eigenvalue weighted by molar-refractivity contribution is 9.10. The normalized spacial score (nSPS) is 17.1. The molecule has 1 saturated heterocycles. The SMILES string of the molecule is COc1ccc(Br)c(C(=O)NC2CCN(c3cc4c(nn3)CCCC4)CC2)c1. The van der Waals surface area contributed by atoms with E-state index in [9.17, 15) is 4.79 Å². The van der Waals surface area contributed by atoms with E-state index in [1.54, 1.807) is 13.2 Å². The Morgan fingerprint density at radius 1 is 1.18 bits per heavy atom. The predicted octanol–water partition coefficient (Wildman–Crippen LogP) is 3.53. The van der Waals surface area contributed by atoms with Gasteiger partial charge in [0.25, 0.3) is 5.91 Å². The van der Waals surface area contributed by atoms with Gasteiger partial charge in [-0.25, -0.2) is 0 Å². The fourth-order valence-electron chi connectivity index (χ4n) is 3.95. The summed E-state index contributed by atoms with van der Waals surface area (Å²) in [7, 11) is 1.60. The second kappa shape index (κ2) is 8.47. The van der Waals surface area contributed by atoms with Crippen molar-refractivity contribution >= 4 is 27.7 Å². The van der Waals surface area contributed by atoms with E-state index in [-0.39, 0.29) is 11.9 Å². The van der Waals surface area contributed by atoms with Crippen molar-refractivity contribution in [1.29, 1.82) is 0 Å². The lowest BCUT2D eigenvalue weighted by molar-refractivity contribution is 0.0930. The monoisotopic (exact) mass is 444 g/mol.